The Bertz CT molecular complexity index is 1060. The van der Waals surface area contributed by atoms with Gasteiger partial charge < -0.3 is 5.32 Å². The lowest BCUT2D eigenvalue weighted by Crippen LogP contribution is -2.48. The van der Waals surface area contributed by atoms with Crippen LogP contribution in [0.5, 0.6) is 0 Å². The van der Waals surface area contributed by atoms with Crippen LogP contribution in [0.4, 0.5) is 11.4 Å². The first-order chi connectivity index (χ1) is 14.7. The Kier molecular flexibility index (Phi) is 4.88. The lowest BCUT2D eigenvalue weighted by molar-refractivity contribution is -0.114. The molecule has 0 atom stereocenters. The van der Waals surface area contributed by atoms with E-state index < -0.39 is 10.0 Å². The van der Waals surface area contributed by atoms with E-state index in [1.165, 1.54) is 67.5 Å². The van der Waals surface area contributed by atoms with Crippen LogP contribution in [0.1, 0.15) is 51.0 Å². The summed E-state index contributed by atoms with van der Waals surface area (Å²) in [7, 11) is -2.08. The number of hydrogen-bond donors (Lipinski definition) is 1. The van der Waals surface area contributed by atoms with Crippen molar-refractivity contribution in [3.05, 3.63) is 54.1 Å². The van der Waals surface area contributed by atoms with Crippen molar-refractivity contribution in [3.63, 3.8) is 0 Å². The number of rotatable bonds is 5. The second-order valence-corrected chi connectivity index (χ2v) is 11.9. The fourth-order valence-electron chi connectivity index (χ4n) is 6.70. The monoisotopic (exact) mass is 438 g/mol. The highest BCUT2D eigenvalue weighted by Crippen LogP contribution is 2.60. The highest BCUT2D eigenvalue weighted by molar-refractivity contribution is 7.92. The summed E-state index contributed by atoms with van der Waals surface area (Å²) >= 11 is 0. The zero-order chi connectivity index (χ0) is 21.8. The van der Waals surface area contributed by atoms with Crippen LogP contribution in [0.3, 0.4) is 0 Å². The van der Waals surface area contributed by atoms with Crippen LogP contribution in [-0.4, -0.2) is 21.4 Å². The zero-order valence-electron chi connectivity index (χ0n) is 18.2. The third-order valence-electron chi connectivity index (χ3n) is 7.71. The van der Waals surface area contributed by atoms with E-state index in [4.69, 9.17) is 0 Å². The van der Waals surface area contributed by atoms with Gasteiger partial charge in [-0.25, -0.2) is 8.42 Å². The number of sulfonamides is 1. The third kappa shape index (κ3) is 3.65. The SMILES string of the molecule is CC(=O)Nc1ccc(S(=O)(=O)N(C)c2ccc(C34CC5CC(CC(C5)C3)C4)cc2)cc1. The minimum absolute atomic E-state index is 0.188. The summed E-state index contributed by atoms with van der Waals surface area (Å²) in [6.45, 7) is 1.42. The molecule has 0 aliphatic heterocycles. The Balaban J connectivity index is 1.36. The van der Waals surface area contributed by atoms with Crippen molar-refractivity contribution in [2.75, 3.05) is 16.7 Å². The molecule has 0 aromatic heterocycles. The summed E-state index contributed by atoms with van der Waals surface area (Å²) in [5.74, 6) is 2.46. The van der Waals surface area contributed by atoms with Crippen LogP contribution < -0.4 is 9.62 Å². The molecule has 1 amide bonds. The molecule has 0 unspecified atom stereocenters. The van der Waals surface area contributed by atoms with Crippen molar-refractivity contribution < 1.29 is 13.2 Å². The Labute approximate surface area is 184 Å². The second-order valence-electron chi connectivity index (χ2n) is 9.92. The first-order valence-electron chi connectivity index (χ1n) is 11.2. The van der Waals surface area contributed by atoms with Crippen molar-refractivity contribution in [1.82, 2.24) is 0 Å². The van der Waals surface area contributed by atoms with Gasteiger partial charge in [0.15, 0.2) is 0 Å². The highest BCUT2D eigenvalue weighted by Gasteiger charge is 2.51. The number of anilines is 2. The molecular formula is C25H30N2O3S. The minimum atomic E-state index is -3.67. The molecule has 4 saturated carbocycles. The van der Waals surface area contributed by atoms with Gasteiger partial charge in [-0.15, -0.1) is 0 Å². The van der Waals surface area contributed by atoms with Crippen LogP contribution >= 0.6 is 0 Å². The van der Waals surface area contributed by atoms with Gasteiger partial charge in [0.2, 0.25) is 5.91 Å². The number of hydrogen-bond acceptors (Lipinski definition) is 3. The largest absolute Gasteiger partial charge is 0.326 e. The Morgan fingerprint density at radius 2 is 1.42 bits per heavy atom. The second kappa shape index (κ2) is 7.37. The Morgan fingerprint density at radius 1 is 0.903 bits per heavy atom. The van der Waals surface area contributed by atoms with Gasteiger partial charge in [-0.1, -0.05) is 12.1 Å². The Hall–Kier alpha value is -2.34. The molecule has 0 saturated heterocycles. The van der Waals surface area contributed by atoms with Crippen molar-refractivity contribution in [1.29, 1.82) is 0 Å². The molecule has 31 heavy (non-hydrogen) atoms. The van der Waals surface area contributed by atoms with Crippen molar-refractivity contribution >= 4 is 27.3 Å². The number of carbonyl (C=O) groups excluding carboxylic acids is 1. The molecule has 2 aromatic carbocycles. The lowest BCUT2D eigenvalue weighted by atomic mass is 9.48. The summed E-state index contributed by atoms with van der Waals surface area (Å²) in [5, 5.41) is 2.66. The molecule has 4 aliphatic carbocycles. The average Bonchev–Trinajstić information content (AvgIpc) is 2.72. The van der Waals surface area contributed by atoms with Crippen molar-refractivity contribution in [3.8, 4) is 0 Å². The summed E-state index contributed by atoms with van der Waals surface area (Å²) in [6.07, 6.45) is 8.14. The molecule has 5 nitrogen and oxygen atoms in total. The van der Waals surface area contributed by atoms with E-state index in [1.54, 1.807) is 19.2 Å². The zero-order valence-corrected chi connectivity index (χ0v) is 19.0. The van der Waals surface area contributed by atoms with Crippen LogP contribution in [0.2, 0.25) is 0 Å². The van der Waals surface area contributed by atoms with E-state index in [9.17, 15) is 13.2 Å². The molecule has 164 valence electrons. The summed E-state index contributed by atoms with van der Waals surface area (Å²) in [4.78, 5) is 11.4. The summed E-state index contributed by atoms with van der Waals surface area (Å²) in [6, 6.07) is 14.5. The summed E-state index contributed by atoms with van der Waals surface area (Å²) in [5.41, 5.74) is 2.94. The van der Waals surface area contributed by atoms with E-state index in [0.717, 1.165) is 17.8 Å². The maximum absolute atomic E-state index is 13.1. The first-order valence-corrected chi connectivity index (χ1v) is 12.7. The molecule has 4 bridgehead atoms. The maximum Gasteiger partial charge on any atom is 0.264 e. The van der Waals surface area contributed by atoms with E-state index in [1.807, 2.05) is 12.1 Å². The molecule has 0 spiro atoms. The molecule has 6 rings (SSSR count). The smallest absolute Gasteiger partial charge is 0.264 e. The van der Waals surface area contributed by atoms with E-state index >= 15 is 0 Å². The Morgan fingerprint density at radius 3 is 1.90 bits per heavy atom. The molecule has 4 aliphatic rings. The number of nitrogens with one attached hydrogen (secondary N) is 1. The van der Waals surface area contributed by atoms with Crippen LogP contribution in [-0.2, 0) is 20.2 Å². The minimum Gasteiger partial charge on any atom is -0.326 e. The molecule has 2 aromatic rings. The van der Waals surface area contributed by atoms with Crippen LogP contribution in [0, 0.1) is 17.8 Å². The third-order valence-corrected chi connectivity index (χ3v) is 9.51. The van der Waals surface area contributed by atoms with E-state index in [-0.39, 0.29) is 10.8 Å². The van der Waals surface area contributed by atoms with Gasteiger partial charge in [-0.3, -0.25) is 9.10 Å². The maximum atomic E-state index is 13.1. The average molecular weight is 439 g/mol. The van der Waals surface area contributed by atoms with Gasteiger partial charge in [-0.05, 0) is 104 Å². The number of carbonyl (C=O) groups is 1. The van der Waals surface area contributed by atoms with E-state index in [2.05, 4.69) is 17.4 Å². The fourth-order valence-corrected chi connectivity index (χ4v) is 7.90. The van der Waals surface area contributed by atoms with E-state index in [0.29, 0.717) is 16.8 Å². The standard InChI is InChI=1S/C25H30N2O3S/c1-17(28)26-22-5-9-24(10-6-22)31(29,30)27(2)23-7-3-21(4-8-23)25-14-18-11-19(15-25)13-20(12-18)16-25/h3-10,18-20H,11-16H2,1-2H3,(H,26,28). The number of amides is 1. The lowest BCUT2D eigenvalue weighted by Gasteiger charge is -2.57. The van der Waals surface area contributed by atoms with Crippen LogP contribution in [0.25, 0.3) is 0 Å². The van der Waals surface area contributed by atoms with Gasteiger partial charge in [0.05, 0.1) is 10.6 Å². The molecule has 6 heteroatoms. The molecule has 4 fully saturated rings. The molecule has 0 radical (unpaired) electrons. The molecule has 0 heterocycles. The highest BCUT2D eigenvalue weighted by atomic mass is 32.2. The summed E-state index contributed by atoms with van der Waals surface area (Å²) < 4.78 is 27.6. The predicted octanol–water partition coefficient (Wildman–Crippen LogP) is 4.94. The van der Waals surface area contributed by atoms with Crippen molar-refractivity contribution in [2.24, 2.45) is 17.8 Å². The quantitative estimate of drug-likeness (QED) is 0.719. The van der Waals surface area contributed by atoms with Crippen LogP contribution in [0.15, 0.2) is 53.4 Å². The van der Waals surface area contributed by atoms with Gasteiger partial charge in [0, 0.05) is 19.7 Å². The fraction of sp³-hybridized carbons (Fsp3) is 0.480. The normalized spacial score (nSPS) is 29.0. The first kappa shape index (κ1) is 20.6. The van der Waals surface area contributed by atoms with Gasteiger partial charge >= 0.3 is 0 Å². The number of nitrogens with zero attached hydrogens (tertiary/aromatic N) is 1. The molecule has 1 N–H and O–H groups in total. The van der Waals surface area contributed by atoms with Gasteiger partial charge in [0.1, 0.15) is 0 Å². The van der Waals surface area contributed by atoms with Crippen molar-refractivity contribution in [2.45, 2.75) is 55.8 Å². The molecular weight excluding hydrogens is 408 g/mol. The number of benzene rings is 2. The predicted molar refractivity (Wildman–Crippen MR) is 123 cm³/mol. The van der Waals surface area contributed by atoms with Gasteiger partial charge in [-0.2, -0.15) is 0 Å². The topological polar surface area (TPSA) is 66.5 Å². The van der Waals surface area contributed by atoms with Gasteiger partial charge in [0.25, 0.3) is 10.0 Å².